The van der Waals surface area contributed by atoms with Crippen molar-refractivity contribution >= 4 is 5.91 Å². The van der Waals surface area contributed by atoms with Crippen LogP contribution in [0.3, 0.4) is 0 Å². The van der Waals surface area contributed by atoms with Crippen molar-refractivity contribution in [2.75, 3.05) is 26.7 Å². The quantitative estimate of drug-likeness (QED) is 0.825. The first-order valence-electron chi connectivity index (χ1n) is 6.38. The number of carbonyl (C=O) groups is 1. The van der Waals surface area contributed by atoms with E-state index in [1.165, 1.54) is 5.56 Å². The molecule has 0 radical (unpaired) electrons. The number of amides is 1. The van der Waals surface area contributed by atoms with Crippen LogP contribution in [0.15, 0.2) is 24.3 Å². The molecular formula is C14H20N2O2. The van der Waals surface area contributed by atoms with Crippen LogP contribution >= 0.6 is 0 Å². The molecule has 0 fully saturated rings. The second-order valence-corrected chi connectivity index (χ2v) is 4.72. The Morgan fingerprint density at radius 2 is 2.28 bits per heavy atom. The van der Waals surface area contributed by atoms with Gasteiger partial charge in [0.05, 0.1) is 5.92 Å². The van der Waals surface area contributed by atoms with E-state index in [1.54, 1.807) is 11.9 Å². The van der Waals surface area contributed by atoms with Crippen molar-refractivity contribution in [1.82, 2.24) is 10.2 Å². The van der Waals surface area contributed by atoms with Crippen molar-refractivity contribution in [3.8, 4) is 0 Å². The Hall–Kier alpha value is -1.39. The molecule has 1 aromatic rings. The van der Waals surface area contributed by atoms with Gasteiger partial charge < -0.3 is 15.3 Å². The number of aliphatic hydroxyl groups is 1. The summed E-state index contributed by atoms with van der Waals surface area (Å²) in [5.41, 5.74) is 2.34. The number of aliphatic hydroxyl groups excluding tert-OH is 1. The molecule has 0 saturated carbocycles. The molecule has 1 atom stereocenters. The van der Waals surface area contributed by atoms with E-state index in [0.717, 1.165) is 12.1 Å². The largest absolute Gasteiger partial charge is 0.396 e. The number of hydrogen-bond donors (Lipinski definition) is 2. The second kappa shape index (κ2) is 5.98. The van der Waals surface area contributed by atoms with Gasteiger partial charge in [-0.25, -0.2) is 0 Å². The summed E-state index contributed by atoms with van der Waals surface area (Å²) in [6, 6.07) is 8.09. The van der Waals surface area contributed by atoms with Gasteiger partial charge in [-0.3, -0.25) is 4.79 Å². The third kappa shape index (κ3) is 2.71. The Kier molecular flexibility index (Phi) is 4.33. The van der Waals surface area contributed by atoms with Crippen LogP contribution in [0.4, 0.5) is 0 Å². The van der Waals surface area contributed by atoms with Crippen LogP contribution in [-0.2, 0) is 11.3 Å². The number of rotatable bonds is 4. The Morgan fingerprint density at radius 3 is 3.06 bits per heavy atom. The molecule has 4 heteroatoms. The van der Waals surface area contributed by atoms with Crippen molar-refractivity contribution in [3.63, 3.8) is 0 Å². The molecule has 1 amide bonds. The fraction of sp³-hybridized carbons (Fsp3) is 0.500. The van der Waals surface area contributed by atoms with Gasteiger partial charge in [0.2, 0.25) is 5.91 Å². The van der Waals surface area contributed by atoms with Crippen molar-refractivity contribution in [3.05, 3.63) is 35.4 Å². The lowest BCUT2D eigenvalue weighted by molar-refractivity contribution is -0.131. The smallest absolute Gasteiger partial charge is 0.231 e. The third-order valence-electron chi connectivity index (χ3n) is 3.42. The van der Waals surface area contributed by atoms with Crippen LogP contribution in [0.2, 0.25) is 0 Å². The Morgan fingerprint density at radius 1 is 1.50 bits per heavy atom. The van der Waals surface area contributed by atoms with Gasteiger partial charge in [-0.2, -0.15) is 0 Å². The summed E-state index contributed by atoms with van der Waals surface area (Å²) in [5, 5.41) is 12.1. The zero-order chi connectivity index (χ0) is 13.0. The Balaban J connectivity index is 2.12. The average Bonchev–Trinajstić information content (AvgIpc) is 2.43. The summed E-state index contributed by atoms with van der Waals surface area (Å²) in [7, 11) is 1.80. The maximum absolute atomic E-state index is 12.4. The maximum atomic E-state index is 12.4. The molecule has 18 heavy (non-hydrogen) atoms. The second-order valence-electron chi connectivity index (χ2n) is 4.72. The zero-order valence-electron chi connectivity index (χ0n) is 10.7. The summed E-state index contributed by atoms with van der Waals surface area (Å²) >= 11 is 0. The van der Waals surface area contributed by atoms with E-state index >= 15 is 0 Å². The molecular weight excluding hydrogens is 228 g/mol. The lowest BCUT2D eigenvalue weighted by Gasteiger charge is -2.29. The molecule has 0 saturated heterocycles. The van der Waals surface area contributed by atoms with Gasteiger partial charge in [0.1, 0.15) is 0 Å². The number of likely N-dealkylation sites (N-methyl/N-ethyl adjacent to an activating group) is 1. The summed E-state index contributed by atoms with van der Waals surface area (Å²) in [5.74, 6) is 0.0294. The van der Waals surface area contributed by atoms with Crippen LogP contribution in [0.25, 0.3) is 0 Å². The van der Waals surface area contributed by atoms with E-state index in [-0.39, 0.29) is 18.4 Å². The summed E-state index contributed by atoms with van der Waals surface area (Å²) in [6.45, 7) is 2.25. The predicted octanol–water partition coefficient (Wildman–Crippen LogP) is 0.714. The van der Waals surface area contributed by atoms with Crippen LogP contribution in [0, 0.1) is 0 Å². The van der Waals surface area contributed by atoms with Gasteiger partial charge >= 0.3 is 0 Å². The Labute approximate surface area is 108 Å². The summed E-state index contributed by atoms with van der Waals surface area (Å²) in [6.07, 6.45) is 0.629. The molecule has 0 bridgehead atoms. The highest BCUT2D eigenvalue weighted by Crippen LogP contribution is 2.25. The topological polar surface area (TPSA) is 52.6 Å². The molecule has 4 nitrogen and oxygen atoms in total. The minimum atomic E-state index is -0.0985. The molecule has 1 aromatic carbocycles. The van der Waals surface area contributed by atoms with Gasteiger partial charge in [0.25, 0.3) is 0 Å². The maximum Gasteiger partial charge on any atom is 0.231 e. The normalized spacial score (nSPS) is 18.2. The van der Waals surface area contributed by atoms with Gasteiger partial charge in [-0.05, 0) is 17.5 Å². The summed E-state index contributed by atoms with van der Waals surface area (Å²) < 4.78 is 0. The first-order chi connectivity index (χ1) is 8.74. The fourth-order valence-electron chi connectivity index (χ4n) is 2.40. The standard InChI is InChI=1S/C14H20N2O2/c1-16(7-4-8-17)14(18)13-10-15-9-11-5-2-3-6-12(11)13/h2-3,5-6,13,15,17H,4,7-10H2,1H3. The van der Waals surface area contributed by atoms with E-state index in [1.807, 2.05) is 18.2 Å². The highest BCUT2D eigenvalue weighted by molar-refractivity contribution is 5.84. The van der Waals surface area contributed by atoms with E-state index in [9.17, 15) is 4.79 Å². The average molecular weight is 248 g/mol. The first-order valence-corrected chi connectivity index (χ1v) is 6.38. The van der Waals surface area contributed by atoms with Crippen molar-refractivity contribution in [2.45, 2.75) is 18.9 Å². The van der Waals surface area contributed by atoms with Gasteiger partial charge in [-0.1, -0.05) is 24.3 Å². The van der Waals surface area contributed by atoms with E-state index in [0.29, 0.717) is 19.5 Å². The molecule has 0 aliphatic carbocycles. The number of fused-ring (bicyclic) bond motifs is 1. The van der Waals surface area contributed by atoms with Crippen LogP contribution in [-0.4, -0.2) is 42.7 Å². The van der Waals surface area contributed by atoms with Crippen LogP contribution in [0.1, 0.15) is 23.5 Å². The van der Waals surface area contributed by atoms with Crippen molar-refractivity contribution in [1.29, 1.82) is 0 Å². The zero-order valence-corrected chi connectivity index (χ0v) is 10.7. The minimum Gasteiger partial charge on any atom is -0.396 e. The molecule has 1 aliphatic heterocycles. The SMILES string of the molecule is CN(CCCO)C(=O)C1CNCc2ccccc21. The molecule has 2 rings (SSSR count). The molecule has 0 spiro atoms. The number of nitrogens with one attached hydrogen (secondary N) is 1. The monoisotopic (exact) mass is 248 g/mol. The minimum absolute atomic E-state index is 0.0985. The molecule has 1 unspecified atom stereocenters. The van der Waals surface area contributed by atoms with Crippen molar-refractivity contribution in [2.24, 2.45) is 0 Å². The molecule has 98 valence electrons. The molecule has 1 heterocycles. The third-order valence-corrected chi connectivity index (χ3v) is 3.42. The van der Waals surface area contributed by atoms with Gasteiger partial charge in [0, 0.05) is 33.3 Å². The predicted molar refractivity (Wildman–Crippen MR) is 70.2 cm³/mol. The number of hydrogen-bond acceptors (Lipinski definition) is 3. The first kappa shape index (κ1) is 13.1. The van der Waals surface area contributed by atoms with Gasteiger partial charge in [0.15, 0.2) is 0 Å². The van der Waals surface area contributed by atoms with Crippen LogP contribution < -0.4 is 5.32 Å². The molecule has 2 N–H and O–H groups in total. The molecule has 0 aromatic heterocycles. The summed E-state index contributed by atoms with van der Waals surface area (Å²) in [4.78, 5) is 14.1. The number of carbonyl (C=O) groups excluding carboxylic acids is 1. The van der Waals surface area contributed by atoms with Gasteiger partial charge in [-0.15, -0.1) is 0 Å². The lowest BCUT2D eigenvalue weighted by atomic mass is 9.90. The Bertz CT molecular complexity index is 420. The molecule has 1 aliphatic rings. The number of benzene rings is 1. The van der Waals surface area contributed by atoms with Crippen molar-refractivity contribution < 1.29 is 9.90 Å². The highest BCUT2D eigenvalue weighted by atomic mass is 16.3. The number of nitrogens with zero attached hydrogens (tertiary/aromatic N) is 1. The highest BCUT2D eigenvalue weighted by Gasteiger charge is 2.27. The van der Waals surface area contributed by atoms with Crippen LogP contribution in [0.5, 0.6) is 0 Å². The lowest BCUT2D eigenvalue weighted by Crippen LogP contribution is -2.40. The van der Waals surface area contributed by atoms with E-state index < -0.39 is 0 Å². The van der Waals surface area contributed by atoms with E-state index in [2.05, 4.69) is 11.4 Å². The fourth-order valence-corrected chi connectivity index (χ4v) is 2.40. The van der Waals surface area contributed by atoms with E-state index in [4.69, 9.17) is 5.11 Å².